The van der Waals surface area contributed by atoms with Gasteiger partial charge in [-0.2, -0.15) is 0 Å². The van der Waals surface area contributed by atoms with Crippen LogP contribution in [0.2, 0.25) is 5.02 Å². The lowest BCUT2D eigenvalue weighted by Gasteiger charge is -2.15. The lowest BCUT2D eigenvalue weighted by molar-refractivity contribution is -0.122. The Labute approximate surface area is 124 Å². The van der Waals surface area contributed by atoms with Crippen LogP contribution in [-0.4, -0.2) is 5.91 Å². The molecule has 3 heteroatoms. The van der Waals surface area contributed by atoms with Gasteiger partial charge in [-0.15, -0.1) is 0 Å². The third-order valence-electron chi connectivity index (χ3n) is 3.34. The standard InChI is InChI=1S/C17H18ClNO/c1-2-15(13-8-4-3-5-9-13)17(20)19-12-14-10-6-7-11-16(14)18/h3-11,15H,2,12H2,1H3,(H,19,20). The monoisotopic (exact) mass is 287 g/mol. The molecular weight excluding hydrogens is 270 g/mol. The highest BCUT2D eigenvalue weighted by molar-refractivity contribution is 6.31. The van der Waals surface area contributed by atoms with E-state index in [0.717, 1.165) is 17.5 Å². The van der Waals surface area contributed by atoms with Crippen LogP contribution < -0.4 is 5.32 Å². The van der Waals surface area contributed by atoms with Gasteiger partial charge >= 0.3 is 0 Å². The summed E-state index contributed by atoms with van der Waals surface area (Å²) in [6, 6.07) is 17.4. The van der Waals surface area contributed by atoms with Crippen molar-refractivity contribution in [1.29, 1.82) is 0 Å². The molecule has 0 bridgehead atoms. The maximum absolute atomic E-state index is 12.3. The molecule has 0 heterocycles. The van der Waals surface area contributed by atoms with E-state index >= 15 is 0 Å². The summed E-state index contributed by atoms with van der Waals surface area (Å²) in [6.45, 7) is 2.48. The van der Waals surface area contributed by atoms with E-state index in [9.17, 15) is 4.79 Å². The Morgan fingerprint density at radius 1 is 1.10 bits per heavy atom. The zero-order valence-electron chi connectivity index (χ0n) is 11.5. The number of nitrogens with one attached hydrogen (secondary N) is 1. The maximum atomic E-state index is 12.3. The third-order valence-corrected chi connectivity index (χ3v) is 3.71. The Morgan fingerprint density at radius 3 is 2.40 bits per heavy atom. The summed E-state index contributed by atoms with van der Waals surface area (Å²) in [4.78, 5) is 12.3. The molecule has 0 aromatic heterocycles. The fraction of sp³-hybridized carbons (Fsp3) is 0.235. The molecule has 2 rings (SSSR count). The fourth-order valence-corrected chi connectivity index (χ4v) is 2.41. The zero-order valence-corrected chi connectivity index (χ0v) is 12.2. The predicted molar refractivity (Wildman–Crippen MR) is 82.8 cm³/mol. The van der Waals surface area contributed by atoms with Gasteiger partial charge in [-0.1, -0.05) is 67.1 Å². The number of benzene rings is 2. The van der Waals surface area contributed by atoms with Crippen molar-refractivity contribution in [3.63, 3.8) is 0 Å². The van der Waals surface area contributed by atoms with Crippen LogP contribution >= 0.6 is 11.6 Å². The Bertz CT molecular complexity index is 568. The van der Waals surface area contributed by atoms with Crippen molar-refractivity contribution in [2.24, 2.45) is 0 Å². The van der Waals surface area contributed by atoms with Gasteiger partial charge in [0.15, 0.2) is 0 Å². The van der Waals surface area contributed by atoms with Gasteiger partial charge in [-0.05, 0) is 23.6 Å². The molecule has 1 atom stereocenters. The van der Waals surface area contributed by atoms with Crippen LogP contribution in [-0.2, 0) is 11.3 Å². The van der Waals surface area contributed by atoms with Gasteiger partial charge in [0.2, 0.25) is 5.91 Å². The Hall–Kier alpha value is -1.80. The van der Waals surface area contributed by atoms with Crippen LogP contribution in [0.3, 0.4) is 0 Å². The van der Waals surface area contributed by atoms with Gasteiger partial charge in [-0.25, -0.2) is 0 Å². The van der Waals surface area contributed by atoms with E-state index in [2.05, 4.69) is 5.32 Å². The molecule has 0 fully saturated rings. The first-order valence-electron chi connectivity index (χ1n) is 6.78. The van der Waals surface area contributed by atoms with Gasteiger partial charge in [0.25, 0.3) is 0 Å². The summed E-state index contributed by atoms with van der Waals surface area (Å²) in [7, 11) is 0. The SMILES string of the molecule is CCC(C(=O)NCc1ccccc1Cl)c1ccccc1. The van der Waals surface area contributed by atoms with E-state index < -0.39 is 0 Å². The van der Waals surface area contributed by atoms with Gasteiger partial charge in [0.1, 0.15) is 0 Å². The molecule has 0 radical (unpaired) electrons. The second-order valence-electron chi connectivity index (χ2n) is 4.68. The molecular formula is C17H18ClNO. The van der Waals surface area contributed by atoms with Crippen LogP contribution in [0, 0.1) is 0 Å². The first-order valence-corrected chi connectivity index (χ1v) is 7.16. The van der Waals surface area contributed by atoms with Crippen molar-refractivity contribution >= 4 is 17.5 Å². The molecule has 2 aromatic carbocycles. The van der Waals surface area contributed by atoms with Crippen LogP contribution in [0.4, 0.5) is 0 Å². The Morgan fingerprint density at radius 2 is 1.75 bits per heavy atom. The summed E-state index contributed by atoms with van der Waals surface area (Å²) in [5, 5.41) is 3.65. The highest BCUT2D eigenvalue weighted by atomic mass is 35.5. The minimum Gasteiger partial charge on any atom is -0.351 e. The van der Waals surface area contributed by atoms with E-state index in [1.807, 2.05) is 61.5 Å². The van der Waals surface area contributed by atoms with E-state index in [0.29, 0.717) is 11.6 Å². The highest BCUT2D eigenvalue weighted by Crippen LogP contribution is 2.20. The number of halogens is 1. The van der Waals surface area contributed by atoms with Crippen LogP contribution in [0.15, 0.2) is 54.6 Å². The lowest BCUT2D eigenvalue weighted by Crippen LogP contribution is -2.28. The molecule has 0 aliphatic carbocycles. The second-order valence-corrected chi connectivity index (χ2v) is 5.09. The average molecular weight is 288 g/mol. The van der Waals surface area contributed by atoms with Crippen molar-refractivity contribution in [2.45, 2.75) is 25.8 Å². The molecule has 1 N–H and O–H groups in total. The Balaban J connectivity index is 2.02. The number of hydrogen-bond donors (Lipinski definition) is 1. The lowest BCUT2D eigenvalue weighted by atomic mass is 9.95. The maximum Gasteiger partial charge on any atom is 0.227 e. The minimum atomic E-state index is -0.112. The summed E-state index contributed by atoms with van der Waals surface area (Å²) < 4.78 is 0. The molecule has 1 amide bonds. The number of carbonyl (C=O) groups excluding carboxylic acids is 1. The van der Waals surface area contributed by atoms with E-state index in [4.69, 9.17) is 11.6 Å². The first-order chi connectivity index (χ1) is 9.72. The largest absolute Gasteiger partial charge is 0.351 e. The van der Waals surface area contributed by atoms with Gasteiger partial charge in [-0.3, -0.25) is 4.79 Å². The van der Waals surface area contributed by atoms with Crippen molar-refractivity contribution in [1.82, 2.24) is 5.32 Å². The number of hydrogen-bond acceptors (Lipinski definition) is 1. The average Bonchev–Trinajstić information content (AvgIpc) is 2.48. The first kappa shape index (κ1) is 14.6. The molecule has 0 saturated heterocycles. The summed E-state index contributed by atoms with van der Waals surface area (Å²) in [6.07, 6.45) is 0.776. The fourth-order valence-electron chi connectivity index (χ4n) is 2.21. The van der Waals surface area contributed by atoms with Gasteiger partial charge in [0, 0.05) is 11.6 Å². The molecule has 0 aliphatic heterocycles. The normalized spacial score (nSPS) is 11.9. The molecule has 2 aromatic rings. The number of carbonyl (C=O) groups is 1. The summed E-state index contributed by atoms with van der Waals surface area (Å²) in [5.74, 6) is -0.0719. The molecule has 0 spiro atoms. The number of amides is 1. The van der Waals surface area contributed by atoms with Crippen LogP contribution in [0.25, 0.3) is 0 Å². The molecule has 20 heavy (non-hydrogen) atoms. The minimum absolute atomic E-state index is 0.0404. The summed E-state index contributed by atoms with van der Waals surface area (Å²) >= 11 is 6.09. The molecule has 1 unspecified atom stereocenters. The predicted octanol–water partition coefficient (Wildman–Crippen LogP) is 4.15. The molecule has 0 saturated carbocycles. The van der Waals surface area contributed by atoms with Crippen molar-refractivity contribution in [3.05, 3.63) is 70.7 Å². The molecule has 2 nitrogen and oxygen atoms in total. The van der Waals surface area contributed by atoms with Crippen LogP contribution in [0.5, 0.6) is 0 Å². The van der Waals surface area contributed by atoms with E-state index in [1.165, 1.54) is 0 Å². The van der Waals surface area contributed by atoms with Gasteiger partial charge in [0.05, 0.1) is 5.92 Å². The van der Waals surface area contributed by atoms with Crippen molar-refractivity contribution < 1.29 is 4.79 Å². The second kappa shape index (κ2) is 7.11. The van der Waals surface area contributed by atoms with Crippen molar-refractivity contribution in [2.75, 3.05) is 0 Å². The molecule has 104 valence electrons. The topological polar surface area (TPSA) is 29.1 Å². The smallest absolute Gasteiger partial charge is 0.227 e. The quantitative estimate of drug-likeness (QED) is 0.879. The van der Waals surface area contributed by atoms with Crippen molar-refractivity contribution in [3.8, 4) is 0 Å². The third kappa shape index (κ3) is 3.61. The van der Waals surface area contributed by atoms with Gasteiger partial charge < -0.3 is 5.32 Å². The number of rotatable bonds is 5. The van der Waals surface area contributed by atoms with E-state index in [-0.39, 0.29) is 11.8 Å². The molecule has 0 aliphatic rings. The van der Waals surface area contributed by atoms with Crippen LogP contribution in [0.1, 0.15) is 30.4 Å². The highest BCUT2D eigenvalue weighted by Gasteiger charge is 2.18. The Kier molecular flexibility index (Phi) is 5.19. The summed E-state index contributed by atoms with van der Waals surface area (Å²) in [5.41, 5.74) is 1.98. The zero-order chi connectivity index (χ0) is 14.4. The van der Waals surface area contributed by atoms with E-state index in [1.54, 1.807) is 0 Å².